The molecule has 2 rings (SSSR count). The van der Waals surface area contributed by atoms with Crippen LogP contribution in [0.25, 0.3) is 0 Å². The summed E-state index contributed by atoms with van der Waals surface area (Å²) in [4.78, 5) is 27.6. The molecule has 0 fully saturated rings. The fraction of sp³-hybridized carbons (Fsp3) is 0.417. The van der Waals surface area contributed by atoms with Crippen LogP contribution in [-0.2, 0) is 26.2 Å². The second-order valence-corrected chi connectivity index (χ2v) is 10.3. The van der Waals surface area contributed by atoms with Crippen molar-refractivity contribution < 1.29 is 18.0 Å². The van der Waals surface area contributed by atoms with Crippen LogP contribution < -0.4 is 9.62 Å². The monoisotopic (exact) mass is 459 g/mol. The number of para-hydroxylation sites is 1. The summed E-state index contributed by atoms with van der Waals surface area (Å²) in [6, 6.07) is 13.8. The molecule has 32 heavy (non-hydrogen) atoms. The third-order valence-corrected chi connectivity index (χ3v) is 6.22. The predicted molar refractivity (Wildman–Crippen MR) is 128 cm³/mol. The average Bonchev–Trinajstić information content (AvgIpc) is 2.69. The summed E-state index contributed by atoms with van der Waals surface area (Å²) in [5, 5.41) is 2.83. The Morgan fingerprint density at radius 2 is 1.66 bits per heavy atom. The summed E-state index contributed by atoms with van der Waals surface area (Å²) in [5.41, 5.74) is 3.08. The van der Waals surface area contributed by atoms with Crippen molar-refractivity contribution in [1.82, 2.24) is 10.2 Å². The van der Waals surface area contributed by atoms with Gasteiger partial charge in [-0.25, -0.2) is 8.42 Å². The van der Waals surface area contributed by atoms with E-state index in [-0.39, 0.29) is 18.5 Å². The Labute approximate surface area is 191 Å². The second-order valence-electron chi connectivity index (χ2n) is 8.41. The van der Waals surface area contributed by atoms with Crippen LogP contribution in [0.4, 0.5) is 5.69 Å². The summed E-state index contributed by atoms with van der Waals surface area (Å²) in [6.45, 7) is 8.90. The van der Waals surface area contributed by atoms with Crippen molar-refractivity contribution >= 4 is 27.5 Å². The lowest BCUT2D eigenvalue weighted by atomic mass is 10.1. The molecule has 2 aromatic carbocycles. The maximum atomic E-state index is 13.4. The number of amides is 2. The van der Waals surface area contributed by atoms with E-state index in [1.54, 1.807) is 32.0 Å². The van der Waals surface area contributed by atoms with Crippen LogP contribution in [0, 0.1) is 13.8 Å². The van der Waals surface area contributed by atoms with Gasteiger partial charge in [-0.05, 0) is 51.8 Å². The van der Waals surface area contributed by atoms with Gasteiger partial charge >= 0.3 is 0 Å². The molecule has 1 N–H and O–H groups in total. The molecule has 0 radical (unpaired) electrons. The van der Waals surface area contributed by atoms with Gasteiger partial charge in [0.2, 0.25) is 21.8 Å². The number of nitrogens with one attached hydrogen (secondary N) is 1. The summed E-state index contributed by atoms with van der Waals surface area (Å²) < 4.78 is 26.2. The van der Waals surface area contributed by atoms with Crippen molar-refractivity contribution in [2.75, 3.05) is 17.1 Å². The summed E-state index contributed by atoms with van der Waals surface area (Å²) in [7, 11) is -3.73. The van der Waals surface area contributed by atoms with E-state index in [0.717, 1.165) is 27.3 Å². The molecule has 7 nitrogen and oxygen atoms in total. The molecule has 2 amide bonds. The molecule has 0 unspecified atom stereocenters. The fourth-order valence-corrected chi connectivity index (χ4v) is 4.34. The van der Waals surface area contributed by atoms with Gasteiger partial charge in [0.15, 0.2) is 0 Å². The number of carbonyl (C=O) groups excluding carboxylic acids is 2. The Hall–Kier alpha value is -2.87. The molecule has 0 saturated carbocycles. The van der Waals surface area contributed by atoms with Crippen molar-refractivity contribution in [3.05, 3.63) is 65.2 Å². The van der Waals surface area contributed by atoms with Gasteiger partial charge in [-0.1, -0.05) is 48.0 Å². The summed E-state index contributed by atoms with van der Waals surface area (Å²) in [5.74, 6) is -0.741. The Kier molecular flexibility index (Phi) is 8.44. The molecule has 0 aliphatic heterocycles. The SMILES string of the molecule is Cc1cccc(CN(C(=O)CN(c2ccccc2C)S(C)(=O)=O)[C@H](C)C(=O)NC(C)C)c1. The number of hydrogen-bond donors (Lipinski definition) is 1. The van der Waals surface area contributed by atoms with E-state index in [0.29, 0.717) is 5.69 Å². The highest BCUT2D eigenvalue weighted by atomic mass is 32.2. The summed E-state index contributed by atoms with van der Waals surface area (Å²) >= 11 is 0. The van der Waals surface area contributed by atoms with Gasteiger partial charge in [0.25, 0.3) is 0 Å². The first-order valence-electron chi connectivity index (χ1n) is 10.6. The van der Waals surface area contributed by atoms with Gasteiger partial charge < -0.3 is 10.2 Å². The van der Waals surface area contributed by atoms with E-state index >= 15 is 0 Å². The second kappa shape index (κ2) is 10.6. The van der Waals surface area contributed by atoms with E-state index in [4.69, 9.17) is 0 Å². The van der Waals surface area contributed by atoms with Gasteiger partial charge in [0.05, 0.1) is 11.9 Å². The Bertz CT molecular complexity index is 1070. The standard InChI is InChI=1S/C24H33N3O4S/c1-17(2)25-24(29)20(5)26(15-21-12-9-10-18(3)14-21)23(28)16-27(32(6,30)31)22-13-8-7-11-19(22)4/h7-14,17,20H,15-16H2,1-6H3,(H,25,29)/t20-/m1/s1. The number of carbonyl (C=O) groups is 2. The van der Waals surface area contributed by atoms with E-state index in [1.165, 1.54) is 4.90 Å². The molecule has 0 bridgehead atoms. The lowest BCUT2D eigenvalue weighted by molar-refractivity contribution is -0.139. The zero-order valence-electron chi connectivity index (χ0n) is 19.6. The molecular weight excluding hydrogens is 426 g/mol. The lowest BCUT2D eigenvalue weighted by Crippen LogP contribution is -2.52. The number of sulfonamides is 1. The Balaban J connectivity index is 2.40. The van der Waals surface area contributed by atoms with Crippen LogP contribution in [-0.4, -0.2) is 50.0 Å². The Morgan fingerprint density at radius 1 is 1.00 bits per heavy atom. The molecule has 0 aromatic heterocycles. The summed E-state index contributed by atoms with van der Waals surface area (Å²) in [6.07, 6.45) is 1.08. The first-order valence-corrected chi connectivity index (χ1v) is 12.4. The van der Waals surface area contributed by atoms with Gasteiger partial charge in [-0.3, -0.25) is 13.9 Å². The minimum absolute atomic E-state index is 0.0830. The molecule has 174 valence electrons. The van der Waals surface area contributed by atoms with Crippen molar-refractivity contribution in [2.45, 2.75) is 53.2 Å². The van der Waals surface area contributed by atoms with Gasteiger partial charge in [0.1, 0.15) is 12.6 Å². The maximum Gasteiger partial charge on any atom is 0.244 e. The molecule has 1 atom stereocenters. The van der Waals surface area contributed by atoms with Crippen molar-refractivity contribution in [1.29, 1.82) is 0 Å². The fourth-order valence-electron chi connectivity index (χ4n) is 3.43. The minimum atomic E-state index is -3.73. The van der Waals surface area contributed by atoms with Gasteiger partial charge in [-0.15, -0.1) is 0 Å². The highest BCUT2D eigenvalue weighted by Gasteiger charge is 2.30. The van der Waals surface area contributed by atoms with Gasteiger partial charge in [0, 0.05) is 12.6 Å². The third-order valence-electron chi connectivity index (χ3n) is 5.10. The number of rotatable bonds is 9. The van der Waals surface area contributed by atoms with E-state index in [2.05, 4.69) is 5.32 Å². The molecule has 0 aliphatic carbocycles. The predicted octanol–water partition coefficient (Wildman–Crippen LogP) is 3.01. The molecule has 0 spiro atoms. The molecule has 0 heterocycles. The Morgan fingerprint density at radius 3 is 2.22 bits per heavy atom. The van der Waals surface area contributed by atoms with Crippen molar-refractivity contribution in [3.8, 4) is 0 Å². The van der Waals surface area contributed by atoms with Gasteiger partial charge in [-0.2, -0.15) is 0 Å². The number of aryl methyl sites for hydroxylation is 2. The number of nitrogens with zero attached hydrogens (tertiary/aromatic N) is 2. The van der Waals surface area contributed by atoms with Crippen LogP contribution in [0.15, 0.2) is 48.5 Å². The van der Waals surface area contributed by atoms with Crippen LogP contribution in [0.2, 0.25) is 0 Å². The van der Waals surface area contributed by atoms with Crippen LogP contribution in [0.5, 0.6) is 0 Å². The minimum Gasteiger partial charge on any atom is -0.352 e. The van der Waals surface area contributed by atoms with E-state index in [1.807, 2.05) is 51.1 Å². The average molecular weight is 460 g/mol. The maximum absolute atomic E-state index is 13.4. The quantitative estimate of drug-likeness (QED) is 0.625. The van der Waals surface area contributed by atoms with Crippen molar-refractivity contribution in [3.63, 3.8) is 0 Å². The van der Waals surface area contributed by atoms with E-state index < -0.39 is 28.5 Å². The highest BCUT2D eigenvalue weighted by molar-refractivity contribution is 7.92. The third kappa shape index (κ3) is 6.82. The first kappa shape index (κ1) is 25.4. The largest absolute Gasteiger partial charge is 0.352 e. The topological polar surface area (TPSA) is 86.8 Å². The highest BCUT2D eigenvalue weighted by Crippen LogP contribution is 2.23. The zero-order valence-corrected chi connectivity index (χ0v) is 20.4. The first-order chi connectivity index (χ1) is 14.9. The van der Waals surface area contributed by atoms with Crippen LogP contribution >= 0.6 is 0 Å². The molecular formula is C24H33N3O4S. The number of benzene rings is 2. The van der Waals surface area contributed by atoms with Crippen LogP contribution in [0.3, 0.4) is 0 Å². The molecule has 2 aromatic rings. The number of anilines is 1. The zero-order chi connectivity index (χ0) is 24.1. The molecule has 8 heteroatoms. The normalized spacial score (nSPS) is 12.3. The van der Waals surface area contributed by atoms with Crippen molar-refractivity contribution in [2.24, 2.45) is 0 Å². The smallest absolute Gasteiger partial charge is 0.244 e. The van der Waals surface area contributed by atoms with E-state index in [9.17, 15) is 18.0 Å². The van der Waals surface area contributed by atoms with Crippen LogP contribution in [0.1, 0.15) is 37.5 Å². The number of hydrogen-bond acceptors (Lipinski definition) is 4. The molecule has 0 aliphatic rings. The lowest BCUT2D eigenvalue weighted by Gasteiger charge is -2.32. The molecule has 0 saturated heterocycles.